The molecule has 322 valence electrons. The summed E-state index contributed by atoms with van der Waals surface area (Å²) >= 11 is 0. The van der Waals surface area contributed by atoms with E-state index in [0.717, 1.165) is 38.5 Å². The lowest BCUT2D eigenvalue weighted by atomic mass is 10.0. The molecule has 56 heavy (non-hydrogen) atoms. The topological polar surface area (TPSA) is 176 Å². The molecular formula is C43H76N2O10P+. The van der Waals surface area contributed by atoms with Crippen LogP contribution in [0.3, 0.4) is 0 Å². The zero-order valence-corrected chi connectivity index (χ0v) is 35.7. The van der Waals surface area contributed by atoms with Crippen LogP contribution in [0.5, 0.6) is 0 Å². The molecule has 1 amide bonds. The van der Waals surface area contributed by atoms with Gasteiger partial charge >= 0.3 is 26.0 Å². The maximum absolute atomic E-state index is 13.3. The van der Waals surface area contributed by atoms with Gasteiger partial charge < -0.3 is 29.7 Å². The molecule has 1 saturated heterocycles. The van der Waals surface area contributed by atoms with Gasteiger partial charge in [-0.3, -0.25) is 18.9 Å². The van der Waals surface area contributed by atoms with Crippen molar-refractivity contribution >= 4 is 25.7 Å². The van der Waals surface area contributed by atoms with Crippen LogP contribution in [0.25, 0.3) is 0 Å². The van der Waals surface area contributed by atoms with Gasteiger partial charge in [-0.25, -0.2) is 4.57 Å². The number of carbonyl (C=O) groups excluding carboxylic acids is 3. The molecule has 0 spiro atoms. The summed E-state index contributed by atoms with van der Waals surface area (Å²) in [5, 5.41) is 0. The van der Waals surface area contributed by atoms with Crippen LogP contribution in [-0.2, 0) is 32.9 Å². The molecular weight excluding hydrogens is 735 g/mol. The van der Waals surface area contributed by atoms with Gasteiger partial charge in [-0.2, -0.15) is 4.57 Å². The molecule has 0 radical (unpaired) electrons. The number of nitrogens with zero attached hydrogens (tertiary/aromatic N) is 1. The Morgan fingerprint density at radius 2 is 1.05 bits per heavy atom. The maximum atomic E-state index is 13.3. The van der Waals surface area contributed by atoms with E-state index in [4.69, 9.17) is 24.5 Å². The summed E-state index contributed by atoms with van der Waals surface area (Å²) in [5.41, 5.74) is 5.69. The van der Waals surface area contributed by atoms with E-state index in [9.17, 15) is 28.7 Å². The lowest BCUT2D eigenvalue weighted by molar-refractivity contribution is -0.765. The zero-order valence-electron chi connectivity index (χ0n) is 34.8. The number of phosphoric ester groups is 1. The van der Waals surface area contributed by atoms with E-state index in [2.05, 4.69) is 13.8 Å². The van der Waals surface area contributed by atoms with Gasteiger partial charge in [-0.05, 0) is 18.9 Å². The van der Waals surface area contributed by atoms with Crippen LogP contribution >= 0.6 is 7.82 Å². The molecule has 1 fully saturated rings. The summed E-state index contributed by atoms with van der Waals surface area (Å²) in [6.45, 7) is 3.85. The fraction of sp³-hybridized carbons (Fsp3) is 0.814. The number of rotatable bonds is 35. The van der Waals surface area contributed by atoms with E-state index in [1.165, 1.54) is 132 Å². The van der Waals surface area contributed by atoms with E-state index in [1.807, 2.05) is 0 Å². The highest BCUT2D eigenvalue weighted by molar-refractivity contribution is 7.46. The lowest BCUT2D eigenvalue weighted by Crippen LogP contribution is -2.49. The number of pyridine rings is 1. The highest BCUT2D eigenvalue weighted by Crippen LogP contribution is 2.39. The number of hydrogen-bond donors (Lipinski definition) is 3. The molecule has 2 rings (SSSR count). The first-order chi connectivity index (χ1) is 27.1. The molecule has 1 aromatic heterocycles. The van der Waals surface area contributed by atoms with Crippen molar-refractivity contribution in [2.24, 2.45) is 5.73 Å². The number of nitrogens with two attached hydrogens (primary N) is 1. The summed E-state index contributed by atoms with van der Waals surface area (Å²) < 4.78 is 35.9. The summed E-state index contributed by atoms with van der Waals surface area (Å²) in [7, 11) is -4.92. The average Bonchev–Trinajstić information content (AvgIpc) is 3.50. The first-order valence-electron chi connectivity index (χ1n) is 22.1. The van der Waals surface area contributed by atoms with Crippen molar-refractivity contribution in [2.75, 3.05) is 6.61 Å². The number of aromatic nitrogens is 1. The fourth-order valence-corrected chi connectivity index (χ4v) is 7.65. The smallest absolute Gasteiger partial charge is 0.455 e. The molecule has 1 aromatic rings. The predicted octanol–water partition coefficient (Wildman–Crippen LogP) is 9.87. The maximum Gasteiger partial charge on any atom is 0.469 e. The molecule has 4 N–H and O–H groups in total. The Hall–Kier alpha value is -2.37. The molecule has 1 aliphatic rings. The SMILES string of the molecule is CCCCCCCCCCCCCCCC(=O)OC1[C@@H](COP(=O)(O)O)O[C@@H]([n+]2cccc(C(N)=O)c2)[C@H]1OC(=O)CCCCCCCCCCCCCCC. The van der Waals surface area contributed by atoms with Crippen molar-refractivity contribution in [3.63, 3.8) is 0 Å². The summed E-state index contributed by atoms with van der Waals surface area (Å²) in [6, 6.07) is 3.09. The number of phosphoric acid groups is 1. The van der Waals surface area contributed by atoms with Crippen LogP contribution in [0.2, 0.25) is 0 Å². The Labute approximate surface area is 337 Å². The lowest BCUT2D eigenvalue weighted by Gasteiger charge is -2.23. The van der Waals surface area contributed by atoms with Crippen LogP contribution in [0.15, 0.2) is 24.5 Å². The van der Waals surface area contributed by atoms with Gasteiger partial charge in [0.1, 0.15) is 11.7 Å². The number of esters is 2. The van der Waals surface area contributed by atoms with E-state index < -0.39 is 56.8 Å². The monoisotopic (exact) mass is 812 g/mol. The van der Waals surface area contributed by atoms with Crippen molar-refractivity contribution in [1.82, 2.24) is 0 Å². The third kappa shape index (κ3) is 23.1. The van der Waals surface area contributed by atoms with Crippen molar-refractivity contribution in [3.05, 3.63) is 30.1 Å². The minimum atomic E-state index is -4.92. The van der Waals surface area contributed by atoms with Crippen LogP contribution < -0.4 is 10.3 Å². The van der Waals surface area contributed by atoms with Crippen molar-refractivity contribution in [3.8, 4) is 0 Å². The van der Waals surface area contributed by atoms with Crippen molar-refractivity contribution < 1.29 is 52.0 Å². The predicted molar refractivity (Wildman–Crippen MR) is 217 cm³/mol. The highest BCUT2D eigenvalue weighted by Gasteiger charge is 2.55. The molecule has 1 unspecified atom stereocenters. The van der Waals surface area contributed by atoms with Gasteiger partial charge in [0.2, 0.25) is 6.10 Å². The number of hydrogen-bond acceptors (Lipinski definition) is 8. The number of amides is 1. The van der Waals surface area contributed by atoms with E-state index >= 15 is 0 Å². The Balaban J connectivity index is 1.93. The Kier molecular flexibility index (Phi) is 27.3. The van der Waals surface area contributed by atoms with Crippen LogP contribution in [0.1, 0.15) is 210 Å². The van der Waals surface area contributed by atoms with Crippen molar-refractivity contribution in [2.45, 2.75) is 218 Å². The standard InChI is InChI=1S/C43H75N2O10P/c1-3-5-7-9-11-13-15-17-19-21-23-25-27-31-38(46)54-40-37(35-52-56(49,50)51)53-43(45-33-29-30-36(34-45)42(44)48)41(40)55-39(47)32-28-26-24-22-20-18-16-14-12-10-8-6-4-2/h29-30,33-34,37,40-41,43H,3-28,31-32,35H2,1-2H3,(H3-,44,48,49,50,51)/p+1/t37-,40?,41+,43-/m1/s1. The van der Waals surface area contributed by atoms with Gasteiger partial charge in [-0.1, -0.05) is 168 Å². The molecule has 0 aromatic carbocycles. The minimum absolute atomic E-state index is 0.134. The van der Waals surface area contributed by atoms with E-state index in [-0.39, 0.29) is 18.4 Å². The number of primary amides is 1. The summed E-state index contributed by atoms with van der Waals surface area (Å²) in [5.74, 6) is -1.72. The summed E-state index contributed by atoms with van der Waals surface area (Å²) in [4.78, 5) is 57.4. The molecule has 12 nitrogen and oxygen atoms in total. The second kappa shape index (κ2) is 30.7. The van der Waals surface area contributed by atoms with Crippen LogP contribution in [0.4, 0.5) is 0 Å². The second-order valence-corrected chi connectivity index (χ2v) is 16.9. The molecule has 4 atom stereocenters. The normalized spacial score (nSPS) is 18.3. The van der Waals surface area contributed by atoms with Crippen LogP contribution in [0, 0.1) is 0 Å². The van der Waals surface area contributed by atoms with Crippen molar-refractivity contribution in [1.29, 1.82) is 0 Å². The van der Waals surface area contributed by atoms with Gasteiger partial charge in [0.05, 0.1) is 6.61 Å². The second-order valence-electron chi connectivity index (χ2n) is 15.6. The molecule has 0 saturated carbocycles. The molecule has 13 heteroatoms. The first kappa shape index (κ1) is 49.8. The Bertz CT molecular complexity index is 1260. The molecule has 0 bridgehead atoms. The van der Waals surface area contributed by atoms with Crippen LogP contribution in [-0.4, -0.2) is 52.6 Å². The average molecular weight is 812 g/mol. The number of ether oxygens (including phenoxy) is 3. The first-order valence-corrected chi connectivity index (χ1v) is 23.6. The third-order valence-corrected chi connectivity index (χ3v) is 11.1. The number of carbonyl (C=O) groups is 3. The van der Waals surface area contributed by atoms with Gasteiger partial charge in [0.15, 0.2) is 18.5 Å². The molecule has 0 aliphatic carbocycles. The quantitative estimate of drug-likeness (QED) is 0.0259. The Morgan fingerprint density at radius 1 is 0.661 bits per heavy atom. The largest absolute Gasteiger partial charge is 0.469 e. The van der Waals surface area contributed by atoms with Gasteiger partial charge in [-0.15, -0.1) is 0 Å². The highest BCUT2D eigenvalue weighted by atomic mass is 31.2. The summed E-state index contributed by atoms with van der Waals surface area (Å²) in [6.07, 6.45) is 29.1. The van der Waals surface area contributed by atoms with Gasteiger partial charge in [0, 0.05) is 18.9 Å². The Morgan fingerprint density at radius 3 is 1.45 bits per heavy atom. The van der Waals surface area contributed by atoms with E-state index in [1.54, 1.807) is 12.3 Å². The fourth-order valence-electron chi connectivity index (χ4n) is 7.31. The molecule has 1 aliphatic heterocycles. The third-order valence-electron chi connectivity index (χ3n) is 10.6. The minimum Gasteiger partial charge on any atom is -0.455 e. The zero-order chi connectivity index (χ0) is 40.9. The van der Waals surface area contributed by atoms with Gasteiger partial charge in [0.25, 0.3) is 5.91 Å². The van der Waals surface area contributed by atoms with E-state index in [0.29, 0.717) is 12.8 Å². The number of unbranched alkanes of at least 4 members (excludes halogenated alkanes) is 24. The molecule has 2 heterocycles.